The van der Waals surface area contributed by atoms with Crippen LogP contribution in [0.3, 0.4) is 0 Å². The number of nitrogens with one attached hydrogen (secondary N) is 1. The molecule has 0 bridgehead atoms. The molecule has 1 aliphatic rings. The lowest BCUT2D eigenvalue weighted by molar-refractivity contribution is 0.100. The summed E-state index contributed by atoms with van der Waals surface area (Å²) in [5.74, 6) is -0.383. The number of carbonyl (C=O) groups is 2. The highest BCUT2D eigenvalue weighted by Gasteiger charge is 2.32. The fourth-order valence-electron chi connectivity index (χ4n) is 4.97. The van der Waals surface area contributed by atoms with Gasteiger partial charge in [0.1, 0.15) is 0 Å². The number of benzene rings is 3. The molecule has 0 unspecified atom stereocenters. The van der Waals surface area contributed by atoms with Gasteiger partial charge >= 0.3 is 6.03 Å². The zero-order chi connectivity index (χ0) is 27.8. The van der Waals surface area contributed by atoms with Gasteiger partial charge in [-0.1, -0.05) is 18.2 Å². The second-order valence-corrected chi connectivity index (χ2v) is 9.84. The third kappa shape index (κ3) is 4.98. The Kier molecular flexibility index (Phi) is 6.66. The van der Waals surface area contributed by atoms with E-state index in [0.29, 0.717) is 30.0 Å². The number of carbonyl (C=O) groups excluding carboxylic acids is 2. The number of rotatable bonds is 6. The Hall–Kier alpha value is -4.92. The maximum Gasteiger partial charge on any atom is 0.329 e. The first-order valence-corrected chi connectivity index (χ1v) is 12.6. The number of aryl methyl sites for hydroxylation is 3. The van der Waals surface area contributed by atoms with E-state index in [4.69, 9.17) is 5.73 Å². The first kappa shape index (κ1) is 25.7. The Morgan fingerprint density at radius 1 is 0.923 bits per heavy atom. The van der Waals surface area contributed by atoms with Crippen LogP contribution in [0.4, 0.5) is 27.7 Å². The van der Waals surface area contributed by atoms with E-state index in [1.54, 1.807) is 42.4 Å². The summed E-state index contributed by atoms with van der Waals surface area (Å²) in [7, 11) is 1.67. The molecule has 1 fully saturated rings. The quantitative estimate of drug-likeness (QED) is 0.382. The molecule has 0 radical (unpaired) electrons. The predicted octanol–water partition coefficient (Wildman–Crippen LogP) is 4.66. The van der Waals surface area contributed by atoms with Crippen molar-refractivity contribution in [2.24, 2.45) is 12.8 Å². The SMILES string of the molecule is Cc1cc(C)cc(N2CCN(c3cccc(-c4cn(C)c(=O)c(Nc5ccc(C(N)=O)cc5)n4)c3C)C2=O)c1. The van der Waals surface area contributed by atoms with Crippen LogP contribution in [-0.4, -0.2) is 34.6 Å². The Bertz CT molecular complexity index is 1640. The minimum atomic E-state index is -0.526. The number of nitrogens with zero attached hydrogens (tertiary/aromatic N) is 4. The largest absolute Gasteiger partial charge is 0.366 e. The maximum absolute atomic E-state index is 13.5. The normalized spacial score (nSPS) is 13.2. The smallest absolute Gasteiger partial charge is 0.329 e. The third-order valence-corrected chi connectivity index (χ3v) is 6.90. The third-order valence-electron chi connectivity index (χ3n) is 6.90. The number of hydrogen-bond acceptors (Lipinski definition) is 5. The van der Waals surface area contributed by atoms with Crippen molar-refractivity contribution in [3.63, 3.8) is 0 Å². The molecule has 198 valence electrons. The van der Waals surface area contributed by atoms with Crippen molar-refractivity contribution < 1.29 is 9.59 Å². The van der Waals surface area contributed by atoms with Crippen molar-refractivity contribution in [2.45, 2.75) is 20.8 Å². The molecule has 3 amide bonds. The topological polar surface area (TPSA) is 114 Å². The van der Waals surface area contributed by atoms with Crippen LogP contribution in [0.5, 0.6) is 0 Å². The molecule has 3 aromatic carbocycles. The van der Waals surface area contributed by atoms with Gasteiger partial charge in [0.15, 0.2) is 5.82 Å². The van der Waals surface area contributed by atoms with Crippen molar-refractivity contribution in [3.8, 4) is 11.3 Å². The number of hydrogen-bond donors (Lipinski definition) is 2. The fourth-order valence-corrected chi connectivity index (χ4v) is 4.97. The molecule has 5 rings (SSSR count). The minimum absolute atomic E-state index is 0.0737. The zero-order valence-electron chi connectivity index (χ0n) is 22.4. The van der Waals surface area contributed by atoms with Gasteiger partial charge in [-0.05, 0) is 79.9 Å². The van der Waals surface area contributed by atoms with E-state index in [9.17, 15) is 14.4 Å². The van der Waals surface area contributed by atoms with Crippen molar-refractivity contribution >= 4 is 34.8 Å². The summed E-state index contributed by atoms with van der Waals surface area (Å²) >= 11 is 0. The summed E-state index contributed by atoms with van der Waals surface area (Å²) in [4.78, 5) is 46.0. The molecule has 1 aliphatic heterocycles. The van der Waals surface area contributed by atoms with Gasteiger partial charge in [0.2, 0.25) is 5.91 Å². The summed E-state index contributed by atoms with van der Waals surface area (Å²) in [6.07, 6.45) is 1.68. The molecule has 0 saturated carbocycles. The van der Waals surface area contributed by atoms with Crippen LogP contribution < -0.4 is 26.4 Å². The van der Waals surface area contributed by atoms with Crippen LogP contribution in [0.25, 0.3) is 11.3 Å². The van der Waals surface area contributed by atoms with Gasteiger partial charge < -0.3 is 15.6 Å². The Balaban J connectivity index is 1.47. The Morgan fingerprint density at radius 3 is 2.26 bits per heavy atom. The van der Waals surface area contributed by atoms with E-state index < -0.39 is 5.91 Å². The standard InChI is InChI=1S/C30H30N6O3/c1-18-14-19(2)16-23(15-18)35-12-13-36(30(35)39)26-7-5-6-24(20(26)3)25-17-34(4)29(38)28(33-25)32-22-10-8-21(9-11-22)27(31)37/h5-11,14-17H,12-13H2,1-4H3,(H2,31,37)(H,32,33). The molecule has 4 aromatic rings. The number of anilines is 4. The monoisotopic (exact) mass is 522 g/mol. The highest BCUT2D eigenvalue weighted by Crippen LogP contribution is 2.33. The predicted molar refractivity (Wildman–Crippen MR) is 154 cm³/mol. The van der Waals surface area contributed by atoms with E-state index in [-0.39, 0.29) is 17.4 Å². The average molecular weight is 523 g/mol. The zero-order valence-corrected chi connectivity index (χ0v) is 22.4. The van der Waals surface area contributed by atoms with Crippen LogP contribution in [0.2, 0.25) is 0 Å². The number of primary amides is 1. The molecule has 0 spiro atoms. The minimum Gasteiger partial charge on any atom is -0.366 e. The Morgan fingerprint density at radius 2 is 1.59 bits per heavy atom. The van der Waals surface area contributed by atoms with E-state index in [1.807, 2.05) is 56.0 Å². The molecule has 0 aliphatic carbocycles. The molecule has 2 heterocycles. The number of nitrogens with two attached hydrogens (primary N) is 1. The number of urea groups is 1. The molecule has 1 aromatic heterocycles. The fraction of sp³-hybridized carbons (Fsp3) is 0.200. The van der Waals surface area contributed by atoms with Gasteiger partial charge in [0, 0.05) is 54.5 Å². The van der Waals surface area contributed by atoms with Crippen LogP contribution in [-0.2, 0) is 7.05 Å². The van der Waals surface area contributed by atoms with E-state index in [1.165, 1.54) is 4.57 Å². The van der Waals surface area contributed by atoms with E-state index >= 15 is 0 Å². The Labute approximate surface area is 226 Å². The molecule has 39 heavy (non-hydrogen) atoms. The maximum atomic E-state index is 13.5. The number of aromatic nitrogens is 2. The lowest BCUT2D eigenvalue weighted by atomic mass is 10.0. The lowest BCUT2D eigenvalue weighted by Crippen LogP contribution is -2.32. The molecule has 1 saturated heterocycles. The molecular formula is C30H30N6O3. The molecule has 0 atom stereocenters. The van der Waals surface area contributed by atoms with Crippen LogP contribution in [0.15, 0.2) is 71.7 Å². The molecule has 9 nitrogen and oxygen atoms in total. The second kappa shape index (κ2) is 10.1. The molecular weight excluding hydrogens is 492 g/mol. The van der Waals surface area contributed by atoms with Gasteiger partial charge in [-0.2, -0.15) is 0 Å². The average Bonchev–Trinajstić information content (AvgIpc) is 3.27. The van der Waals surface area contributed by atoms with Crippen LogP contribution in [0, 0.1) is 20.8 Å². The summed E-state index contributed by atoms with van der Waals surface area (Å²) in [5.41, 5.74) is 12.2. The highest BCUT2D eigenvalue weighted by atomic mass is 16.2. The first-order valence-electron chi connectivity index (χ1n) is 12.6. The van der Waals surface area contributed by atoms with Gasteiger partial charge in [-0.15, -0.1) is 0 Å². The van der Waals surface area contributed by atoms with Gasteiger partial charge in [-0.3, -0.25) is 19.4 Å². The van der Waals surface area contributed by atoms with Crippen LogP contribution in [0.1, 0.15) is 27.0 Å². The van der Waals surface area contributed by atoms with Crippen molar-refractivity contribution in [1.29, 1.82) is 0 Å². The van der Waals surface area contributed by atoms with Crippen molar-refractivity contribution in [3.05, 3.63) is 99.5 Å². The summed E-state index contributed by atoms with van der Waals surface area (Å²) in [6, 6.07) is 18.3. The van der Waals surface area contributed by atoms with Crippen LogP contribution >= 0.6 is 0 Å². The first-order chi connectivity index (χ1) is 18.6. The number of amides is 3. The summed E-state index contributed by atoms with van der Waals surface area (Å²) < 4.78 is 1.47. The highest BCUT2D eigenvalue weighted by molar-refractivity contribution is 6.07. The van der Waals surface area contributed by atoms with Gasteiger partial charge in [0.05, 0.1) is 5.69 Å². The van der Waals surface area contributed by atoms with Crippen molar-refractivity contribution in [2.75, 3.05) is 28.2 Å². The summed E-state index contributed by atoms with van der Waals surface area (Å²) in [6.45, 7) is 7.17. The second-order valence-electron chi connectivity index (χ2n) is 9.84. The van der Waals surface area contributed by atoms with Gasteiger partial charge in [-0.25, -0.2) is 9.78 Å². The lowest BCUT2D eigenvalue weighted by Gasteiger charge is -2.22. The molecule has 9 heteroatoms. The van der Waals surface area contributed by atoms with Gasteiger partial charge in [0.25, 0.3) is 5.56 Å². The van der Waals surface area contributed by atoms with E-state index in [0.717, 1.165) is 33.6 Å². The molecule has 3 N–H and O–H groups in total. The summed E-state index contributed by atoms with van der Waals surface area (Å²) in [5, 5.41) is 3.05. The van der Waals surface area contributed by atoms with E-state index in [2.05, 4.69) is 16.4 Å². The van der Waals surface area contributed by atoms with Crippen molar-refractivity contribution in [1.82, 2.24) is 9.55 Å².